The van der Waals surface area contributed by atoms with Crippen molar-refractivity contribution in [2.24, 2.45) is 0 Å². The molecule has 1 unspecified atom stereocenters. The number of benzene rings is 1. The summed E-state index contributed by atoms with van der Waals surface area (Å²) in [7, 11) is 3.87. The highest BCUT2D eigenvalue weighted by molar-refractivity contribution is 7.91. The summed E-state index contributed by atoms with van der Waals surface area (Å²) in [5.74, 6) is 0.840. The van der Waals surface area contributed by atoms with Crippen molar-refractivity contribution < 1.29 is 24.0 Å². The van der Waals surface area contributed by atoms with Gasteiger partial charge in [0.25, 0.3) is 0 Å². The monoisotopic (exact) mass is 424 g/mol. The lowest BCUT2D eigenvalue weighted by molar-refractivity contribution is -0.120. The number of hydrogen-bond acceptors (Lipinski definition) is 6. The Morgan fingerprint density at radius 2 is 2.07 bits per heavy atom. The first kappa shape index (κ1) is 25.0. The lowest BCUT2D eigenvalue weighted by Gasteiger charge is -2.15. The summed E-state index contributed by atoms with van der Waals surface area (Å²) in [5.41, 5.74) is 0.766. The van der Waals surface area contributed by atoms with Gasteiger partial charge in [0.05, 0.1) is 18.6 Å². The van der Waals surface area contributed by atoms with Crippen molar-refractivity contribution in [3.63, 3.8) is 0 Å². The number of Topliss-reactive ketones (excluding diaryl/α,β-unsaturated/α-hetero) is 1. The van der Waals surface area contributed by atoms with Crippen LogP contribution in [0.15, 0.2) is 24.8 Å². The van der Waals surface area contributed by atoms with Crippen molar-refractivity contribution in [3.8, 4) is 11.5 Å². The van der Waals surface area contributed by atoms with Gasteiger partial charge < -0.3 is 24.6 Å². The molecule has 8 heteroatoms. The van der Waals surface area contributed by atoms with Crippen molar-refractivity contribution in [2.75, 3.05) is 45.3 Å². The van der Waals surface area contributed by atoms with Gasteiger partial charge in [0.1, 0.15) is 23.0 Å². The van der Waals surface area contributed by atoms with E-state index in [1.54, 1.807) is 12.1 Å². The molecule has 1 amide bonds. The quantitative estimate of drug-likeness (QED) is 0.205. The van der Waals surface area contributed by atoms with Crippen molar-refractivity contribution in [1.82, 2.24) is 10.2 Å². The van der Waals surface area contributed by atoms with Gasteiger partial charge in [0.15, 0.2) is 5.78 Å². The van der Waals surface area contributed by atoms with Crippen LogP contribution in [0.2, 0.25) is 0 Å². The highest BCUT2D eigenvalue weighted by atomic mass is 32.2. The van der Waals surface area contributed by atoms with Gasteiger partial charge in [-0.1, -0.05) is 17.3 Å². The van der Waals surface area contributed by atoms with E-state index in [2.05, 4.69) is 11.9 Å². The van der Waals surface area contributed by atoms with E-state index in [9.17, 15) is 19.2 Å². The topological polar surface area (TPSA) is 102 Å². The van der Waals surface area contributed by atoms with E-state index in [1.165, 1.54) is 13.0 Å². The molecule has 2 N–H and O–H groups in total. The average molecular weight is 425 g/mol. The van der Waals surface area contributed by atoms with Crippen LogP contribution < -0.4 is 10.1 Å². The maximum Gasteiger partial charge on any atom is 0.224 e. The lowest BCUT2D eigenvalue weighted by atomic mass is 10.0. The third-order valence-electron chi connectivity index (χ3n) is 4.18. The fraction of sp³-hybridized carbons (Fsp3) is 0.524. The van der Waals surface area contributed by atoms with Gasteiger partial charge in [0, 0.05) is 25.1 Å². The molecule has 0 bridgehead atoms. The molecule has 0 spiro atoms. The molecular weight excluding hydrogens is 392 g/mol. The first-order valence-corrected chi connectivity index (χ1v) is 11.1. The van der Waals surface area contributed by atoms with Gasteiger partial charge >= 0.3 is 0 Å². The number of nitrogens with zero attached hydrogens (tertiary/aromatic N) is 1. The Balaban J connectivity index is 2.40. The molecular formula is C21H32N2O5S. The van der Waals surface area contributed by atoms with Crippen LogP contribution in [0.1, 0.15) is 35.7 Å². The highest BCUT2D eigenvalue weighted by Crippen LogP contribution is 2.32. The van der Waals surface area contributed by atoms with Crippen molar-refractivity contribution in [3.05, 3.63) is 35.9 Å². The number of nitrogens with one attached hydrogen (secondary N) is 1. The molecule has 0 heterocycles. The third kappa shape index (κ3) is 9.34. The highest BCUT2D eigenvalue weighted by Gasteiger charge is 2.16. The zero-order chi connectivity index (χ0) is 21.8. The molecule has 0 saturated heterocycles. The van der Waals surface area contributed by atoms with Gasteiger partial charge in [-0.05, 0) is 39.6 Å². The van der Waals surface area contributed by atoms with Crippen molar-refractivity contribution in [2.45, 2.75) is 26.2 Å². The average Bonchev–Trinajstić information content (AvgIpc) is 2.65. The number of ketones is 1. The number of likely N-dealkylation sites (N-methyl/N-ethyl adjacent to an activating group) is 1. The summed E-state index contributed by atoms with van der Waals surface area (Å²) in [6, 6.07) is 3.19. The summed E-state index contributed by atoms with van der Waals surface area (Å²) < 4.78 is 17.8. The summed E-state index contributed by atoms with van der Waals surface area (Å²) in [6.07, 6.45) is 2.80. The summed E-state index contributed by atoms with van der Waals surface area (Å²) in [6.45, 7) is 6.73. The molecule has 0 aliphatic carbocycles. The Morgan fingerprint density at radius 3 is 2.69 bits per heavy atom. The van der Waals surface area contributed by atoms with Crippen LogP contribution in [0.5, 0.6) is 11.5 Å². The molecule has 29 heavy (non-hydrogen) atoms. The molecule has 0 saturated carbocycles. The molecule has 1 aromatic rings. The molecule has 7 nitrogen and oxygen atoms in total. The van der Waals surface area contributed by atoms with Crippen LogP contribution in [-0.2, 0) is 22.4 Å². The SMILES string of the molecule is C=CCc1c(OCCC[S+]([O-])CCC(=O)NCCN(C)C)ccc(C(C)=O)c1O. The fourth-order valence-electron chi connectivity index (χ4n) is 2.60. The molecule has 1 atom stereocenters. The first-order valence-electron chi connectivity index (χ1n) is 9.62. The second kappa shape index (κ2) is 13.2. The lowest BCUT2D eigenvalue weighted by Crippen LogP contribution is -2.32. The number of carbonyl (C=O) groups excluding carboxylic acids is 2. The molecule has 0 radical (unpaired) electrons. The van der Waals surface area contributed by atoms with Crippen LogP contribution in [0.3, 0.4) is 0 Å². The number of phenols is 1. The van der Waals surface area contributed by atoms with Gasteiger partial charge in [-0.15, -0.1) is 6.58 Å². The number of carbonyl (C=O) groups is 2. The van der Waals surface area contributed by atoms with Gasteiger partial charge in [-0.2, -0.15) is 0 Å². The minimum Gasteiger partial charge on any atom is -0.616 e. The molecule has 0 fully saturated rings. The summed E-state index contributed by atoms with van der Waals surface area (Å²) in [5, 5.41) is 13.1. The Hall–Kier alpha value is -2.03. The number of amides is 1. The van der Waals surface area contributed by atoms with Crippen LogP contribution in [0.4, 0.5) is 0 Å². The van der Waals surface area contributed by atoms with Crippen LogP contribution in [0, 0.1) is 0 Å². The normalized spacial score (nSPS) is 11.9. The second-order valence-electron chi connectivity index (χ2n) is 6.94. The molecule has 0 aliphatic heterocycles. The maximum absolute atomic E-state index is 12.1. The van der Waals surface area contributed by atoms with Crippen molar-refractivity contribution in [1.29, 1.82) is 0 Å². The standard InChI is InChI=1S/C21H32N2O5S/c1-5-7-18-19(9-8-17(16(2)24)21(18)26)28-13-6-14-29(27)15-10-20(25)22-11-12-23(3)4/h5,8-9,26H,1,6-7,10-15H2,2-4H3,(H,22,25). The largest absolute Gasteiger partial charge is 0.616 e. The first-order chi connectivity index (χ1) is 13.8. The molecule has 0 aliphatic rings. The number of allylic oxidation sites excluding steroid dienone is 1. The Kier molecular flexibility index (Phi) is 11.4. The molecule has 162 valence electrons. The van der Waals surface area contributed by atoms with E-state index in [1.807, 2.05) is 19.0 Å². The van der Waals surface area contributed by atoms with Gasteiger partial charge in [-0.25, -0.2) is 0 Å². The van der Waals surface area contributed by atoms with E-state index in [-0.39, 0.29) is 29.4 Å². The van der Waals surface area contributed by atoms with E-state index >= 15 is 0 Å². The fourth-order valence-corrected chi connectivity index (χ4v) is 3.65. The van der Waals surface area contributed by atoms with E-state index in [0.717, 1.165) is 6.54 Å². The molecule has 1 aromatic carbocycles. The van der Waals surface area contributed by atoms with Crippen LogP contribution >= 0.6 is 0 Å². The number of aromatic hydroxyl groups is 1. The Bertz CT molecular complexity index is 694. The third-order valence-corrected chi connectivity index (χ3v) is 5.58. The summed E-state index contributed by atoms with van der Waals surface area (Å²) in [4.78, 5) is 25.3. The smallest absolute Gasteiger partial charge is 0.224 e. The maximum atomic E-state index is 12.1. The van der Waals surface area contributed by atoms with Crippen molar-refractivity contribution >= 4 is 22.9 Å². The zero-order valence-electron chi connectivity index (χ0n) is 17.5. The van der Waals surface area contributed by atoms with E-state index in [4.69, 9.17) is 4.74 Å². The van der Waals surface area contributed by atoms with Gasteiger partial charge in [0.2, 0.25) is 5.91 Å². The molecule has 0 aromatic heterocycles. The Labute approximate surface area is 176 Å². The summed E-state index contributed by atoms with van der Waals surface area (Å²) >= 11 is -1.10. The predicted molar refractivity (Wildman–Crippen MR) is 116 cm³/mol. The van der Waals surface area contributed by atoms with E-state index < -0.39 is 11.2 Å². The minimum atomic E-state index is -1.10. The van der Waals surface area contributed by atoms with Crippen LogP contribution in [-0.4, -0.2) is 71.5 Å². The van der Waals surface area contributed by atoms with E-state index in [0.29, 0.717) is 48.8 Å². The number of rotatable bonds is 14. The zero-order valence-corrected chi connectivity index (χ0v) is 18.3. The number of hydrogen-bond donors (Lipinski definition) is 2. The van der Waals surface area contributed by atoms with Gasteiger partial charge in [-0.3, -0.25) is 9.59 Å². The Morgan fingerprint density at radius 1 is 1.34 bits per heavy atom. The minimum absolute atomic E-state index is 0.0845. The molecule has 1 rings (SSSR count). The number of phenolic OH excluding ortho intramolecular Hbond substituents is 1. The second-order valence-corrected chi connectivity index (χ2v) is 8.64. The number of ether oxygens (including phenoxy) is 1. The van der Waals surface area contributed by atoms with Crippen LogP contribution in [0.25, 0.3) is 0 Å². The predicted octanol–water partition coefficient (Wildman–Crippen LogP) is 1.91.